The quantitative estimate of drug-likeness (QED) is 0.879. The number of pyridine rings is 1. The Kier molecular flexibility index (Phi) is 4.17. The third kappa shape index (κ3) is 3.11. The lowest BCUT2D eigenvalue weighted by Gasteiger charge is -2.18. The van der Waals surface area contributed by atoms with Crippen molar-refractivity contribution in [1.82, 2.24) is 4.98 Å². The van der Waals surface area contributed by atoms with Crippen molar-refractivity contribution in [3.8, 4) is 0 Å². The zero-order chi connectivity index (χ0) is 14.0. The van der Waals surface area contributed by atoms with Crippen molar-refractivity contribution in [2.45, 2.75) is 19.9 Å². The minimum Gasteiger partial charge on any atom is -0.396 e. The van der Waals surface area contributed by atoms with Gasteiger partial charge in [-0.1, -0.05) is 29.3 Å². The van der Waals surface area contributed by atoms with Crippen LogP contribution in [0.4, 0.5) is 11.5 Å². The average molecular weight is 296 g/mol. The molecule has 0 fully saturated rings. The molecule has 3 N–H and O–H groups in total. The first kappa shape index (κ1) is 14.0. The predicted molar refractivity (Wildman–Crippen MR) is 81.9 cm³/mol. The molecule has 5 heteroatoms. The van der Waals surface area contributed by atoms with Gasteiger partial charge >= 0.3 is 0 Å². The molecule has 1 aromatic carbocycles. The molecule has 0 saturated carbocycles. The van der Waals surface area contributed by atoms with Gasteiger partial charge in [-0.2, -0.15) is 0 Å². The van der Waals surface area contributed by atoms with Gasteiger partial charge in [0, 0.05) is 16.2 Å². The summed E-state index contributed by atoms with van der Waals surface area (Å²) in [4.78, 5) is 4.25. The van der Waals surface area contributed by atoms with Gasteiger partial charge < -0.3 is 11.1 Å². The van der Waals surface area contributed by atoms with Gasteiger partial charge in [-0.15, -0.1) is 0 Å². The number of nitrogen functional groups attached to an aromatic ring is 1. The number of rotatable bonds is 3. The summed E-state index contributed by atoms with van der Waals surface area (Å²) in [6, 6.07) is 7.30. The molecule has 0 saturated heterocycles. The Labute approximate surface area is 122 Å². The fourth-order valence-electron chi connectivity index (χ4n) is 1.82. The zero-order valence-corrected chi connectivity index (χ0v) is 12.3. The van der Waals surface area contributed by atoms with Gasteiger partial charge in [0.05, 0.1) is 11.7 Å². The van der Waals surface area contributed by atoms with Crippen molar-refractivity contribution in [2.24, 2.45) is 0 Å². The topological polar surface area (TPSA) is 50.9 Å². The second kappa shape index (κ2) is 5.68. The summed E-state index contributed by atoms with van der Waals surface area (Å²) in [6.45, 7) is 3.95. The van der Waals surface area contributed by atoms with Crippen LogP contribution in [0.5, 0.6) is 0 Å². The lowest BCUT2D eigenvalue weighted by Crippen LogP contribution is -2.11. The van der Waals surface area contributed by atoms with E-state index in [1.807, 2.05) is 32.0 Å². The second-order valence-corrected chi connectivity index (χ2v) is 5.27. The van der Waals surface area contributed by atoms with Crippen LogP contribution in [-0.2, 0) is 0 Å². The molecule has 1 heterocycles. The van der Waals surface area contributed by atoms with Crippen molar-refractivity contribution >= 4 is 34.7 Å². The molecule has 0 bridgehead atoms. The highest BCUT2D eigenvalue weighted by molar-refractivity contribution is 6.35. The maximum Gasteiger partial charge on any atom is 0.149 e. The van der Waals surface area contributed by atoms with Crippen LogP contribution in [0.15, 0.2) is 30.5 Å². The highest BCUT2D eigenvalue weighted by Gasteiger charge is 2.12. The van der Waals surface area contributed by atoms with Crippen molar-refractivity contribution in [3.05, 3.63) is 51.6 Å². The molecule has 0 aliphatic heterocycles. The van der Waals surface area contributed by atoms with Gasteiger partial charge in [-0.25, -0.2) is 4.98 Å². The molecular formula is C14H15Cl2N3. The number of hydrogen-bond donors (Lipinski definition) is 2. The van der Waals surface area contributed by atoms with E-state index in [1.54, 1.807) is 12.3 Å². The van der Waals surface area contributed by atoms with E-state index < -0.39 is 0 Å². The molecule has 2 rings (SSSR count). The summed E-state index contributed by atoms with van der Waals surface area (Å²) in [6.07, 6.45) is 1.73. The molecule has 100 valence electrons. The van der Waals surface area contributed by atoms with Gasteiger partial charge in [0.1, 0.15) is 5.82 Å². The van der Waals surface area contributed by atoms with Crippen LogP contribution >= 0.6 is 23.2 Å². The zero-order valence-electron chi connectivity index (χ0n) is 10.7. The van der Waals surface area contributed by atoms with Gasteiger partial charge in [0.15, 0.2) is 0 Å². The number of halogens is 2. The molecule has 0 spiro atoms. The third-order valence-corrected chi connectivity index (χ3v) is 3.55. The maximum atomic E-state index is 6.19. The van der Waals surface area contributed by atoms with Crippen LogP contribution in [0.2, 0.25) is 10.0 Å². The molecule has 3 nitrogen and oxygen atoms in total. The van der Waals surface area contributed by atoms with Gasteiger partial charge in [-0.3, -0.25) is 0 Å². The van der Waals surface area contributed by atoms with Crippen molar-refractivity contribution in [1.29, 1.82) is 0 Å². The van der Waals surface area contributed by atoms with Crippen LogP contribution in [0.1, 0.15) is 24.1 Å². The molecule has 0 aliphatic carbocycles. The summed E-state index contributed by atoms with van der Waals surface area (Å²) in [5.41, 5.74) is 8.59. The fourth-order valence-corrected chi connectivity index (χ4v) is 2.39. The number of nitrogens with two attached hydrogens (primary N) is 1. The number of aromatic nitrogens is 1. The first-order valence-corrected chi connectivity index (χ1v) is 6.67. The molecule has 0 amide bonds. The smallest absolute Gasteiger partial charge is 0.149 e. The van der Waals surface area contributed by atoms with Gasteiger partial charge in [0.25, 0.3) is 0 Å². The van der Waals surface area contributed by atoms with E-state index in [0.29, 0.717) is 21.6 Å². The Morgan fingerprint density at radius 2 is 2.00 bits per heavy atom. The summed E-state index contributed by atoms with van der Waals surface area (Å²) in [5, 5.41) is 4.51. The summed E-state index contributed by atoms with van der Waals surface area (Å²) >= 11 is 12.1. The standard InChI is InChI=1S/C14H15Cl2N3/c1-8-5-6-18-14(13(8)17)19-9(2)11-4-3-10(15)7-12(11)16/h3-7,9H,17H2,1-2H3,(H,18,19). The maximum absolute atomic E-state index is 6.19. The molecule has 0 radical (unpaired) electrons. The van der Waals surface area contributed by atoms with Crippen LogP contribution in [0.25, 0.3) is 0 Å². The molecule has 19 heavy (non-hydrogen) atoms. The Hall–Kier alpha value is -1.45. The predicted octanol–water partition coefficient (Wildman–Crippen LogP) is 4.45. The molecule has 1 atom stereocenters. The van der Waals surface area contributed by atoms with Crippen LogP contribution in [0.3, 0.4) is 0 Å². The number of hydrogen-bond acceptors (Lipinski definition) is 3. The van der Waals surface area contributed by atoms with E-state index in [-0.39, 0.29) is 6.04 Å². The van der Waals surface area contributed by atoms with E-state index in [4.69, 9.17) is 28.9 Å². The normalized spacial score (nSPS) is 12.2. The minimum absolute atomic E-state index is 0.0126. The molecule has 1 unspecified atom stereocenters. The summed E-state index contributed by atoms with van der Waals surface area (Å²) in [7, 11) is 0. The molecule has 0 aliphatic rings. The Morgan fingerprint density at radius 3 is 2.68 bits per heavy atom. The first-order chi connectivity index (χ1) is 8.99. The number of aryl methyl sites for hydroxylation is 1. The van der Waals surface area contributed by atoms with Crippen molar-refractivity contribution in [3.63, 3.8) is 0 Å². The Bertz CT molecular complexity index is 599. The number of nitrogens with one attached hydrogen (secondary N) is 1. The van der Waals surface area contributed by atoms with E-state index in [2.05, 4.69) is 10.3 Å². The first-order valence-electron chi connectivity index (χ1n) is 5.91. The highest BCUT2D eigenvalue weighted by atomic mass is 35.5. The average Bonchev–Trinajstić information content (AvgIpc) is 2.34. The van der Waals surface area contributed by atoms with Crippen molar-refractivity contribution in [2.75, 3.05) is 11.1 Å². The lowest BCUT2D eigenvalue weighted by molar-refractivity contribution is 0.875. The van der Waals surface area contributed by atoms with E-state index >= 15 is 0 Å². The van der Waals surface area contributed by atoms with Crippen LogP contribution in [0, 0.1) is 6.92 Å². The molecule has 1 aromatic heterocycles. The SMILES string of the molecule is Cc1ccnc(NC(C)c2ccc(Cl)cc2Cl)c1N. The van der Waals surface area contributed by atoms with Crippen molar-refractivity contribution < 1.29 is 0 Å². The second-order valence-electron chi connectivity index (χ2n) is 4.42. The Morgan fingerprint density at radius 1 is 1.26 bits per heavy atom. The number of nitrogens with zero attached hydrogens (tertiary/aromatic N) is 1. The fraction of sp³-hybridized carbons (Fsp3) is 0.214. The van der Waals surface area contributed by atoms with Gasteiger partial charge in [-0.05, 0) is 43.2 Å². The van der Waals surface area contributed by atoms with Crippen LogP contribution in [-0.4, -0.2) is 4.98 Å². The highest BCUT2D eigenvalue weighted by Crippen LogP contribution is 2.29. The molecule has 2 aromatic rings. The van der Waals surface area contributed by atoms with E-state index in [0.717, 1.165) is 11.1 Å². The number of anilines is 2. The minimum atomic E-state index is -0.0126. The largest absolute Gasteiger partial charge is 0.396 e. The summed E-state index contributed by atoms with van der Waals surface area (Å²) in [5.74, 6) is 0.665. The molecular weight excluding hydrogens is 281 g/mol. The Balaban J connectivity index is 2.25. The number of benzene rings is 1. The van der Waals surface area contributed by atoms with E-state index in [1.165, 1.54) is 0 Å². The van der Waals surface area contributed by atoms with Crippen LogP contribution < -0.4 is 11.1 Å². The third-order valence-electron chi connectivity index (χ3n) is 2.99. The van der Waals surface area contributed by atoms with E-state index in [9.17, 15) is 0 Å². The lowest BCUT2D eigenvalue weighted by atomic mass is 10.1. The summed E-state index contributed by atoms with van der Waals surface area (Å²) < 4.78 is 0. The van der Waals surface area contributed by atoms with Gasteiger partial charge in [0.2, 0.25) is 0 Å². The monoisotopic (exact) mass is 295 g/mol.